The molecule has 0 bridgehead atoms. The Labute approximate surface area is 168 Å². The van der Waals surface area contributed by atoms with E-state index >= 15 is 0 Å². The van der Waals surface area contributed by atoms with Crippen LogP contribution in [0.5, 0.6) is 5.75 Å². The molecule has 0 unspecified atom stereocenters. The first-order valence-corrected chi connectivity index (χ1v) is 11.7. The Hall–Kier alpha value is -2.09. The number of carbonyl (C=O) groups is 2. The second-order valence-electron chi connectivity index (χ2n) is 6.73. The van der Waals surface area contributed by atoms with E-state index < -0.39 is 27.4 Å². The fraction of sp³-hybridized carbons (Fsp3) is 0.600. The molecule has 2 N–H and O–H groups in total. The van der Waals surface area contributed by atoms with Gasteiger partial charge in [-0.3, -0.25) is 20.4 Å². The number of benzene rings is 1. The maximum absolute atomic E-state index is 12.1. The topological polar surface area (TPSA) is 102 Å². The molecule has 0 saturated heterocycles. The van der Waals surface area contributed by atoms with Crippen LogP contribution < -0.4 is 15.6 Å². The Morgan fingerprint density at radius 2 is 1.54 bits per heavy atom. The van der Waals surface area contributed by atoms with Crippen molar-refractivity contribution < 1.29 is 22.7 Å². The smallest absolute Gasteiger partial charge is 0.269 e. The average Bonchev–Trinajstić information content (AvgIpc) is 2.66. The van der Waals surface area contributed by atoms with Crippen LogP contribution in [0.3, 0.4) is 0 Å². The zero-order valence-electron chi connectivity index (χ0n) is 16.8. The van der Waals surface area contributed by atoms with E-state index in [1.807, 2.05) is 6.92 Å². The number of ether oxygens (including phenoxy) is 1. The van der Waals surface area contributed by atoms with Gasteiger partial charge in [-0.2, -0.15) is 0 Å². The number of unbranched alkanes of at least 4 members (excludes halogenated alkanes) is 5. The maximum Gasteiger partial charge on any atom is 0.269 e. The fourth-order valence-corrected chi connectivity index (χ4v) is 3.76. The van der Waals surface area contributed by atoms with Gasteiger partial charge in [0.2, 0.25) is 0 Å². The Bertz CT molecular complexity index is 702. The molecule has 1 rings (SSSR count). The summed E-state index contributed by atoms with van der Waals surface area (Å²) in [7, 11) is -3.47. The number of sulfone groups is 1. The summed E-state index contributed by atoms with van der Waals surface area (Å²) in [5.74, 6) is -1.26. The molecule has 2 amide bonds. The summed E-state index contributed by atoms with van der Waals surface area (Å²) >= 11 is 0. The first-order valence-electron chi connectivity index (χ1n) is 9.90. The van der Waals surface area contributed by atoms with E-state index in [1.165, 1.54) is 12.8 Å². The van der Waals surface area contributed by atoms with Gasteiger partial charge in [-0.1, -0.05) is 46.0 Å². The number of amides is 2. The van der Waals surface area contributed by atoms with Crippen LogP contribution in [0.2, 0.25) is 0 Å². The standard InChI is InChI=1S/C20H32N2O5S/c1-3-5-7-8-14-27-18-12-10-17(11-13-18)20(24)22-21-19(23)16-28(25,26)15-9-6-4-2/h10-13H,3-9,14-16H2,1-2H3,(H,21,23)(H,22,24). The first kappa shape index (κ1) is 23.9. The molecular formula is C20H32N2O5S. The molecular weight excluding hydrogens is 380 g/mol. The van der Waals surface area contributed by atoms with Crippen molar-refractivity contribution in [2.75, 3.05) is 18.1 Å². The maximum atomic E-state index is 12.1. The van der Waals surface area contributed by atoms with E-state index in [1.54, 1.807) is 24.3 Å². The molecule has 0 radical (unpaired) electrons. The monoisotopic (exact) mass is 412 g/mol. The molecule has 0 saturated carbocycles. The van der Waals surface area contributed by atoms with E-state index in [0.29, 0.717) is 24.3 Å². The summed E-state index contributed by atoms with van der Waals surface area (Å²) in [5.41, 5.74) is 4.72. The zero-order chi connectivity index (χ0) is 20.8. The third-order valence-corrected chi connectivity index (χ3v) is 5.72. The molecule has 0 atom stereocenters. The van der Waals surface area contributed by atoms with Crippen molar-refractivity contribution in [2.45, 2.75) is 58.8 Å². The predicted octanol–water partition coefficient (Wildman–Crippen LogP) is 3.01. The fourth-order valence-electron chi connectivity index (χ4n) is 2.50. The van der Waals surface area contributed by atoms with Crippen LogP contribution in [0.25, 0.3) is 0 Å². The van der Waals surface area contributed by atoms with E-state index in [0.717, 1.165) is 25.7 Å². The number of rotatable bonds is 13. The average molecular weight is 413 g/mol. The van der Waals surface area contributed by atoms with Crippen LogP contribution in [0, 0.1) is 0 Å². The van der Waals surface area contributed by atoms with Crippen LogP contribution in [-0.4, -0.2) is 38.3 Å². The molecule has 7 nitrogen and oxygen atoms in total. The normalized spacial score (nSPS) is 11.1. The summed E-state index contributed by atoms with van der Waals surface area (Å²) in [5, 5.41) is 0. The quantitative estimate of drug-likeness (QED) is 0.383. The summed E-state index contributed by atoms with van der Waals surface area (Å²) < 4.78 is 29.3. The van der Waals surface area contributed by atoms with Gasteiger partial charge in [0, 0.05) is 5.56 Å². The molecule has 1 aromatic carbocycles. The Morgan fingerprint density at radius 3 is 2.18 bits per heavy atom. The molecule has 0 aromatic heterocycles. The SMILES string of the molecule is CCCCCCOc1ccc(C(=O)NNC(=O)CS(=O)(=O)CCCCC)cc1. The van der Waals surface area contributed by atoms with Gasteiger partial charge in [0.05, 0.1) is 12.4 Å². The van der Waals surface area contributed by atoms with Gasteiger partial charge >= 0.3 is 0 Å². The molecule has 0 heterocycles. The van der Waals surface area contributed by atoms with Crippen LogP contribution in [0.1, 0.15) is 69.2 Å². The molecule has 158 valence electrons. The minimum atomic E-state index is -3.47. The number of hydrazine groups is 1. The summed E-state index contributed by atoms with van der Waals surface area (Å²) in [6.45, 7) is 4.76. The van der Waals surface area contributed by atoms with E-state index in [9.17, 15) is 18.0 Å². The van der Waals surface area contributed by atoms with Crippen LogP contribution in [0.15, 0.2) is 24.3 Å². The van der Waals surface area contributed by atoms with E-state index in [2.05, 4.69) is 17.8 Å². The molecule has 28 heavy (non-hydrogen) atoms. The van der Waals surface area contributed by atoms with Crippen molar-refractivity contribution in [3.63, 3.8) is 0 Å². The van der Waals surface area contributed by atoms with E-state index in [-0.39, 0.29) is 5.75 Å². The first-order chi connectivity index (χ1) is 13.4. The minimum Gasteiger partial charge on any atom is -0.494 e. The lowest BCUT2D eigenvalue weighted by atomic mass is 10.2. The number of hydrogen-bond acceptors (Lipinski definition) is 5. The van der Waals surface area contributed by atoms with Gasteiger partial charge in [-0.05, 0) is 37.1 Å². The molecule has 1 aromatic rings. The third-order valence-electron chi connectivity index (χ3n) is 4.11. The van der Waals surface area contributed by atoms with Crippen molar-refractivity contribution in [1.82, 2.24) is 10.9 Å². The minimum absolute atomic E-state index is 0.0257. The van der Waals surface area contributed by atoms with Gasteiger partial charge < -0.3 is 4.74 Å². The van der Waals surface area contributed by atoms with Crippen molar-refractivity contribution >= 4 is 21.7 Å². The third kappa shape index (κ3) is 10.3. The molecule has 0 aliphatic heterocycles. The second kappa shape index (κ2) is 13.1. The van der Waals surface area contributed by atoms with E-state index in [4.69, 9.17) is 4.74 Å². The van der Waals surface area contributed by atoms with Crippen molar-refractivity contribution in [3.8, 4) is 5.75 Å². The summed E-state index contributed by atoms with van der Waals surface area (Å²) in [6.07, 6.45) is 6.72. The molecule has 0 spiro atoms. The van der Waals surface area contributed by atoms with Gasteiger partial charge in [-0.25, -0.2) is 8.42 Å². The number of nitrogens with one attached hydrogen (secondary N) is 2. The highest BCUT2D eigenvalue weighted by Gasteiger charge is 2.17. The predicted molar refractivity (Wildman–Crippen MR) is 110 cm³/mol. The summed E-state index contributed by atoms with van der Waals surface area (Å²) in [4.78, 5) is 23.8. The van der Waals surface area contributed by atoms with Crippen LogP contribution >= 0.6 is 0 Å². The molecule has 0 fully saturated rings. The lowest BCUT2D eigenvalue weighted by molar-refractivity contribution is -0.119. The Kier molecular flexibility index (Phi) is 11.2. The zero-order valence-corrected chi connectivity index (χ0v) is 17.6. The van der Waals surface area contributed by atoms with Gasteiger partial charge in [0.15, 0.2) is 9.84 Å². The van der Waals surface area contributed by atoms with Gasteiger partial charge in [0.1, 0.15) is 11.5 Å². The number of carbonyl (C=O) groups excluding carboxylic acids is 2. The summed E-state index contributed by atoms with van der Waals surface area (Å²) in [6, 6.07) is 6.55. The highest BCUT2D eigenvalue weighted by molar-refractivity contribution is 7.92. The Morgan fingerprint density at radius 1 is 0.893 bits per heavy atom. The highest BCUT2D eigenvalue weighted by atomic mass is 32.2. The van der Waals surface area contributed by atoms with Crippen LogP contribution in [0.4, 0.5) is 0 Å². The van der Waals surface area contributed by atoms with Crippen LogP contribution in [-0.2, 0) is 14.6 Å². The lowest BCUT2D eigenvalue weighted by Crippen LogP contribution is -2.44. The second-order valence-corrected chi connectivity index (χ2v) is 8.92. The molecule has 8 heteroatoms. The molecule has 0 aliphatic rings. The number of hydrogen-bond donors (Lipinski definition) is 2. The largest absolute Gasteiger partial charge is 0.494 e. The Balaban J connectivity index is 2.37. The molecule has 0 aliphatic carbocycles. The van der Waals surface area contributed by atoms with Crippen molar-refractivity contribution in [1.29, 1.82) is 0 Å². The van der Waals surface area contributed by atoms with Crippen molar-refractivity contribution in [3.05, 3.63) is 29.8 Å². The lowest BCUT2D eigenvalue weighted by Gasteiger charge is -2.09. The van der Waals surface area contributed by atoms with Gasteiger partial charge in [-0.15, -0.1) is 0 Å². The highest BCUT2D eigenvalue weighted by Crippen LogP contribution is 2.13. The van der Waals surface area contributed by atoms with Crippen molar-refractivity contribution in [2.24, 2.45) is 0 Å². The van der Waals surface area contributed by atoms with Gasteiger partial charge in [0.25, 0.3) is 11.8 Å².